The third kappa shape index (κ3) is 6.35. The van der Waals surface area contributed by atoms with E-state index in [1.165, 1.54) is 43.5 Å². The molecule has 0 N–H and O–H groups in total. The molecule has 0 aliphatic rings. The van der Waals surface area contributed by atoms with Gasteiger partial charge in [0.1, 0.15) is 23.9 Å². The van der Waals surface area contributed by atoms with Crippen LogP contribution in [0.1, 0.15) is 21.5 Å². The van der Waals surface area contributed by atoms with Gasteiger partial charge in [0.15, 0.2) is 11.5 Å². The van der Waals surface area contributed by atoms with Crippen molar-refractivity contribution in [1.82, 2.24) is 0 Å². The van der Waals surface area contributed by atoms with E-state index in [2.05, 4.69) is 4.74 Å². The van der Waals surface area contributed by atoms with E-state index in [-0.39, 0.29) is 35.1 Å². The van der Waals surface area contributed by atoms with Gasteiger partial charge in [0.05, 0.1) is 12.0 Å². The summed E-state index contributed by atoms with van der Waals surface area (Å²) < 4.78 is 53.0. The van der Waals surface area contributed by atoms with Crippen molar-refractivity contribution in [3.63, 3.8) is 0 Å². The number of carbonyl (C=O) groups excluding carboxylic acids is 1. The number of alkyl halides is 2. The lowest BCUT2D eigenvalue weighted by Crippen LogP contribution is -2.02. The SMILES string of the molecule is COc1ccc(/C=C/C(=O)c2ccc(OC(F)F)cc2)cc1COc1cc(F)ccc1[N+](=O)[O-]. The summed E-state index contributed by atoms with van der Waals surface area (Å²) in [7, 11) is 1.43. The molecule has 7 nitrogen and oxygen atoms in total. The van der Waals surface area contributed by atoms with Crippen LogP contribution >= 0.6 is 0 Å². The Labute approximate surface area is 192 Å². The molecule has 0 unspecified atom stereocenters. The molecule has 0 saturated carbocycles. The highest BCUT2D eigenvalue weighted by Crippen LogP contribution is 2.30. The zero-order chi connectivity index (χ0) is 24.7. The monoisotopic (exact) mass is 473 g/mol. The van der Waals surface area contributed by atoms with Crippen molar-refractivity contribution in [3.8, 4) is 17.2 Å². The van der Waals surface area contributed by atoms with E-state index in [0.717, 1.165) is 18.2 Å². The number of nitro benzene ring substituents is 1. The zero-order valence-electron chi connectivity index (χ0n) is 17.7. The number of methoxy groups -OCH3 is 1. The van der Waals surface area contributed by atoms with E-state index in [1.807, 2.05) is 0 Å². The minimum atomic E-state index is -2.96. The fourth-order valence-corrected chi connectivity index (χ4v) is 2.99. The molecule has 34 heavy (non-hydrogen) atoms. The van der Waals surface area contributed by atoms with Gasteiger partial charge in [-0.3, -0.25) is 14.9 Å². The number of halogens is 3. The Morgan fingerprint density at radius 1 is 1.06 bits per heavy atom. The lowest BCUT2D eigenvalue weighted by atomic mass is 10.1. The molecule has 0 radical (unpaired) electrons. The summed E-state index contributed by atoms with van der Waals surface area (Å²) in [5.74, 6) is -0.919. The van der Waals surface area contributed by atoms with E-state index in [4.69, 9.17) is 9.47 Å². The van der Waals surface area contributed by atoms with Gasteiger partial charge >= 0.3 is 12.3 Å². The summed E-state index contributed by atoms with van der Waals surface area (Å²) in [5, 5.41) is 11.2. The summed E-state index contributed by atoms with van der Waals surface area (Å²) in [5.41, 5.74) is 0.989. The predicted octanol–water partition coefficient (Wildman–Crippen LogP) is 5.82. The maximum absolute atomic E-state index is 13.5. The molecule has 0 fully saturated rings. The molecule has 0 bridgehead atoms. The van der Waals surface area contributed by atoms with Gasteiger partial charge in [0, 0.05) is 23.3 Å². The topological polar surface area (TPSA) is 87.9 Å². The number of rotatable bonds is 10. The molecule has 0 aliphatic heterocycles. The average molecular weight is 473 g/mol. The van der Waals surface area contributed by atoms with E-state index >= 15 is 0 Å². The first kappa shape index (κ1) is 24.3. The molecule has 176 valence electrons. The fourth-order valence-electron chi connectivity index (χ4n) is 2.99. The van der Waals surface area contributed by atoms with E-state index < -0.39 is 17.4 Å². The van der Waals surface area contributed by atoms with Crippen LogP contribution in [0.4, 0.5) is 18.9 Å². The average Bonchev–Trinajstić information content (AvgIpc) is 2.81. The second kappa shape index (κ2) is 11.0. The van der Waals surface area contributed by atoms with Crippen molar-refractivity contribution >= 4 is 17.5 Å². The summed E-state index contributed by atoms with van der Waals surface area (Å²) >= 11 is 0. The van der Waals surface area contributed by atoms with Gasteiger partial charge in [-0.25, -0.2) is 4.39 Å². The van der Waals surface area contributed by atoms with E-state index in [9.17, 15) is 28.1 Å². The molecule has 0 aromatic heterocycles. The molecule has 0 amide bonds. The maximum Gasteiger partial charge on any atom is 0.387 e. The lowest BCUT2D eigenvalue weighted by molar-refractivity contribution is -0.386. The third-order valence-electron chi connectivity index (χ3n) is 4.60. The van der Waals surface area contributed by atoms with Crippen LogP contribution in [0.3, 0.4) is 0 Å². The largest absolute Gasteiger partial charge is 0.496 e. The van der Waals surface area contributed by atoms with Gasteiger partial charge in [-0.1, -0.05) is 12.1 Å². The standard InChI is InChI=1S/C24H18F3NO6/c1-32-22-11-3-15(2-10-21(29)16-4-7-19(8-5-16)34-24(26)27)12-17(22)14-33-23-13-18(25)6-9-20(23)28(30)31/h2-13,24H,14H2,1H3/b10-2+. The lowest BCUT2D eigenvalue weighted by Gasteiger charge is -2.11. The van der Waals surface area contributed by atoms with Crippen LogP contribution in [-0.2, 0) is 6.61 Å². The first-order valence-corrected chi connectivity index (χ1v) is 9.77. The predicted molar refractivity (Wildman–Crippen MR) is 117 cm³/mol. The van der Waals surface area contributed by atoms with Crippen molar-refractivity contribution < 1.29 is 37.1 Å². The Bertz CT molecular complexity index is 1210. The number of ether oxygens (including phenoxy) is 3. The number of carbonyl (C=O) groups is 1. The van der Waals surface area contributed by atoms with Gasteiger partial charge in [-0.05, 0) is 54.1 Å². The highest BCUT2D eigenvalue weighted by Gasteiger charge is 2.17. The highest BCUT2D eigenvalue weighted by molar-refractivity contribution is 6.06. The molecular weight excluding hydrogens is 455 g/mol. The number of ketones is 1. The number of nitrogens with zero attached hydrogens (tertiary/aromatic N) is 1. The number of hydrogen-bond donors (Lipinski definition) is 0. The van der Waals surface area contributed by atoms with Gasteiger partial charge in [0.2, 0.25) is 0 Å². The summed E-state index contributed by atoms with van der Waals surface area (Å²) in [4.78, 5) is 22.9. The van der Waals surface area contributed by atoms with Crippen LogP contribution in [-0.4, -0.2) is 24.4 Å². The Morgan fingerprint density at radius 2 is 1.79 bits per heavy atom. The quantitative estimate of drug-likeness (QED) is 0.160. The summed E-state index contributed by atoms with van der Waals surface area (Å²) in [6.45, 7) is -3.11. The molecule has 0 heterocycles. The molecule has 0 spiro atoms. The molecule has 3 rings (SSSR count). The normalized spacial score (nSPS) is 11.0. The van der Waals surface area contributed by atoms with Crippen LogP contribution < -0.4 is 14.2 Å². The van der Waals surface area contributed by atoms with Gasteiger partial charge in [-0.2, -0.15) is 8.78 Å². The van der Waals surface area contributed by atoms with E-state index in [1.54, 1.807) is 18.2 Å². The summed E-state index contributed by atoms with van der Waals surface area (Å²) in [6.07, 6.45) is 2.83. The first-order chi connectivity index (χ1) is 16.3. The molecule has 3 aromatic carbocycles. The van der Waals surface area contributed by atoms with Crippen molar-refractivity contribution in [3.05, 3.63) is 99.4 Å². The Kier molecular flexibility index (Phi) is 7.86. The van der Waals surface area contributed by atoms with Crippen molar-refractivity contribution in [1.29, 1.82) is 0 Å². The van der Waals surface area contributed by atoms with Crippen molar-refractivity contribution in [2.75, 3.05) is 7.11 Å². The van der Waals surface area contributed by atoms with Gasteiger partial charge in [-0.15, -0.1) is 0 Å². The molecule has 10 heteroatoms. The Balaban J connectivity index is 1.75. The Hall–Kier alpha value is -4.34. The summed E-state index contributed by atoms with van der Waals surface area (Å²) in [6, 6.07) is 13.1. The minimum absolute atomic E-state index is 0.0612. The third-order valence-corrected chi connectivity index (χ3v) is 4.60. The number of benzene rings is 3. The van der Waals surface area contributed by atoms with E-state index in [0.29, 0.717) is 16.9 Å². The minimum Gasteiger partial charge on any atom is -0.496 e. The zero-order valence-corrected chi connectivity index (χ0v) is 17.7. The second-order valence-electron chi connectivity index (χ2n) is 6.83. The fraction of sp³-hybridized carbons (Fsp3) is 0.125. The smallest absolute Gasteiger partial charge is 0.387 e. The van der Waals surface area contributed by atoms with Crippen LogP contribution in [0.25, 0.3) is 6.08 Å². The number of nitro groups is 1. The van der Waals surface area contributed by atoms with Crippen molar-refractivity contribution in [2.45, 2.75) is 13.2 Å². The molecule has 0 atom stereocenters. The van der Waals surface area contributed by atoms with Gasteiger partial charge < -0.3 is 14.2 Å². The van der Waals surface area contributed by atoms with Crippen LogP contribution in [0.2, 0.25) is 0 Å². The number of allylic oxidation sites excluding steroid dienone is 1. The van der Waals surface area contributed by atoms with Crippen molar-refractivity contribution in [2.24, 2.45) is 0 Å². The second-order valence-corrected chi connectivity index (χ2v) is 6.83. The number of hydrogen-bond acceptors (Lipinski definition) is 6. The Morgan fingerprint density at radius 3 is 2.44 bits per heavy atom. The van der Waals surface area contributed by atoms with Crippen LogP contribution in [0, 0.1) is 15.9 Å². The first-order valence-electron chi connectivity index (χ1n) is 9.77. The van der Waals surface area contributed by atoms with Gasteiger partial charge in [0.25, 0.3) is 0 Å². The molecule has 0 aliphatic carbocycles. The highest BCUT2D eigenvalue weighted by atomic mass is 19.3. The van der Waals surface area contributed by atoms with Crippen LogP contribution in [0.15, 0.2) is 66.7 Å². The molecule has 3 aromatic rings. The molecule has 0 saturated heterocycles. The van der Waals surface area contributed by atoms with Crippen LogP contribution in [0.5, 0.6) is 17.2 Å². The molecular formula is C24H18F3NO6. The maximum atomic E-state index is 13.5.